The van der Waals surface area contributed by atoms with Gasteiger partial charge in [0.25, 0.3) is 0 Å². The van der Waals surface area contributed by atoms with E-state index in [0.29, 0.717) is 0 Å². The molecule has 0 aromatic heterocycles. The molecule has 1 aromatic carbocycles. The average Bonchev–Trinajstić information content (AvgIpc) is 2.21. The summed E-state index contributed by atoms with van der Waals surface area (Å²) in [5.74, 6) is 0.340. The molecule has 2 rings (SSSR count). The molecule has 0 amide bonds. The quantitative estimate of drug-likeness (QED) is 0.628. The van der Waals surface area contributed by atoms with Crippen LogP contribution in [-0.2, 0) is 0 Å². The summed E-state index contributed by atoms with van der Waals surface area (Å²) in [5.41, 5.74) is 0.933. The van der Waals surface area contributed by atoms with E-state index >= 15 is 0 Å². The van der Waals surface area contributed by atoms with E-state index in [1.54, 1.807) is 24.3 Å². The summed E-state index contributed by atoms with van der Waals surface area (Å²) in [6, 6.07) is 6.76. The summed E-state index contributed by atoms with van der Waals surface area (Å²) in [7, 11) is 0. The highest BCUT2D eigenvalue weighted by Crippen LogP contribution is 2.19. The van der Waals surface area contributed by atoms with Gasteiger partial charge in [0, 0.05) is 6.20 Å². The van der Waals surface area contributed by atoms with Gasteiger partial charge in [0.1, 0.15) is 17.7 Å². The number of aromatic hydroxyl groups is 1. The molecule has 4 heteroatoms. The minimum Gasteiger partial charge on any atom is -0.508 e. The van der Waals surface area contributed by atoms with Crippen LogP contribution >= 0.6 is 0 Å². The van der Waals surface area contributed by atoms with E-state index < -0.39 is 0 Å². The maximum absolute atomic E-state index is 9.09. The SMILES string of the molecule is OC1=CNC(c2ccc(O)cc2)N=C1. The Morgan fingerprint density at radius 3 is 2.43 bits per heavy atom. The van der Waals surface area contributed by atoms with Gasteiger partial charge in [-0.25, -0.2) is 0 Å². The summed E-state index contributed by atoms with van der Waals surface area (Å²) in [5, 5.41) is 21.0. The number of nitrogens with one attached hydrogen (secondary N) is 1. The van der Waals surface area contributed by atoms with Crippen molar-refractivity contribution in [3.63, 3.8) is 0 Å². The molecule has 72 valence electrons. The van der Waals surface area contributed by atoms with Crippen molar-refractivity contribution in [1.29, 1.82) is 0 Å². The van der Waals surface area contributed by atoms with Gasteiger partial charge < -0.3 is 15.5 Å². The summed E-state index contributed by atoms with van der Waals surface area (Å²) in [6.07, 6.45) is 2.70. The van der Waals surface area contributed by atoms with Crippen molar-refractivity contribution in [2.45, 2.75) is 6.17 Å². The lowest BCUT2D eigenvalue weighted by Crippen LogP contribution is -2.18. The van der Waals surface area contributed by atoms with E-state index in [1.807, 2.05) is 0 Å². The molecule has 0 radical (unpaired) electrons. The van der Waals surface area contributed by atoms with Crippen LogP contribution in [0, 0.1) is 0 Å². The predicted molar refractivity (Wildman–Crippen MR) is 53.2 cm³/mol. The van der Waals surface area contributed by atoms with Crippen molar-refractivity contribution in [3.05, 3.63) is 41.8 Å². The zero-order chi connectivity index (χ0) is 9.97. The standard InChI is InChI=1S/C10H10N2O2/c13-8-3-1-7(2-4-8)10-11-5-9(14)6-12-10/h1-6,10-11,13-14H. The fraction of sp³-hybridized carbons (Fsp3) is 0.100. The van der Waals surface area contributed by atoms with Gasteiger partial charge in [0.2, 0.25) is 0 Å². The predicted octanol–water partition coefficient (Wildman–Crippen LogP) is 1.46. The normalized spacial score (nSPS) is 20.0. The Morgan fingerprint density at radius 1 is 1.14 bits per heavy atom. The molecule has 1 unspecified atom stereocenters. The van der Waals surface area contributed by atoms with Gasteiger partial charge in [-0.3, -0.25) is 4.99 Å². The van der Waals surface area contributed by atoms with Gasteiger partial charge in [-0.1, -0.05) is 12.1 Å². The highest BCUT2D eigenvalue weighted by atomic mass is 16.3. The lowest BCUT2D eigenvalue weighted by atomic mass is 10.1. The zero-order valence-electron chi connectivity index (χ0n) is 7.38. The molecule has 14 heavy (non-hydrogen) atoms. The Balaban J connectivity index is 2.18. The first-order valence-electron chi connectivity index (χ1n) is 4.23. The van der Waals surface area contributed by atoms with Crippen LogP contribution in [0.4, 0.5) is 0 Å². The van der Waals surface area contributed by atoms with E-state index in [4.69, 9.17) is 10.2 Å². The van der Waals surface area contributed by atoms with Crippen LogP contribution in [0.2, 0.25) is 0 Å². The molecule has 0 fully saturated rings. The third-order valence-corrected chi connectivity index (χ3v) is 1.95. The zero-order valence-corrected chi connectivity index (χ0v) is 7.38. The molecule has 0 saturated heterocycles. The van der Waals surface area contributed by atoms with Crippen LogP contribution in [0.25, 0.3) is 0 Å². The van der Waals surface area contributed by atoms with Crippen LogP contribution in [0.15, 0.2) is 41.2 Å². The van der Waals surface area contributed by atoms with E-state index in [1.165, 1.54) is 12.4 Å². The summed E-state index contributed by atoms with van der Waals surface area (Å²) in [6.45, 7) is 0. The fourth-order valence-electron chi connectivity index (χ4n) is 1.23. The molecule has 3 N–H and O–H groups in total. The van der Waals surface area contributed by atoms with Gasteiger partial charge in [-0.2, -0.15) is 0 Å². The van der Waals surface area contributed by atoms with Gasteiger partial charge in [-0.05, 0) is 17.7 Å². The number of rotatable bonds is 1. The van der Waals surface area contributed by atoms with Gasteiger partial charge in [0.05, 0.1) is 6.21 Å². The summed E-state index contributed by atoms with van der Waals surface area (Å²) in [4.78, 5) is 4.07. The number of nitrogens with zero attached hydrogens (tertiary/aromatic N) is 1. The Hall–Kier alpha value is -1.97. The highest BCUT2D eigenvalue weighted by molar-refractivity contribution is 5.76. The number of aliphatic hydroxyl groups is 1. The number of phenols is 1. The molecular weight excluding hydrogens is 180 g/mol. The van der Waals surface area contributed by atoms with Crippen LogP contribution in [0.1, 0.15) is 11.7 Å². The Bertz CT molecular complexity index is 382. The molecule has 0 spiro atoms. The lowest BCUT2D eigenvalue weighted by molar-refractivity contribution is 0.430. The second kappa shape index (κ2) is 3.41. The van der Waals surface area contributed by atoms with Crippen molar-refractivity contribution >= 4 is 6.21 Å². The lowest BCUT2D eigenvalue weighted by Gasteiger charge is -2.16. The minimum absolute atomic E-state index is 0.111. The molecule has 0 bridgehead atoms. The second-order valence-corrected chi connectivity index (χ2v) is 3.01. The van der Waals surface area contributed by atoms with Crippen molar-refractivity contribution in [2.24, 2.45) is 4.99 Å². The Morgan fingerprint density at radius 2 is 1.86 bits per heavy atom. The third-order valence-electron chi connectivity index (χ3n) is 1.95. The van der Waals surface area contributed by atoms with Crippen LogP contribution in [0.3, 0.4) is 0 Å². The molecule has 1 aliphatic rings. The Labute approximate surface area is 81.2 Å². The molecule has 0 aliphatic carbocycles. The van der Waals surface area contributed by atoms with E-state index in [9.17, 15) is 0 Å². The largest absolute Gasteiger partial charge is 0.508 e. The van der Waals surface area contributed by atoms with Crippen molar-refractivity contribution in [3.8, 4) is 5.75 Å². The molecule has 1 atom stereocenters. The monoisotopic (exact) mass is 190 g/mol. The van der Waals surface area contributed by atoms with Crippen molar-refractivity contribution < 1.29 is 10.2 Å². The summed E-state index contributed by atoms with van der Waals surface area (Å²) >= 11 is 0. The van der Waals surface area contributed by atoms with Gasteiger partial charge in [-0.15, -0.1) is 0 Å². The Kier molecular flexibility index (Phi) is 2.10. The smallest absolute Gasteiger partial charge is 0.149 e. The minimum atomic E-state index is -0.188. The number of hydrogen-bond acceptors (Lipinski definition) is 4. The van der Waals surface area contributed by atoms with Crippen LogP contribution < -0.4 is 5.32 Å². The van der Waals surface area contributed by atoms with Crippen LogP contribution in [0.5, 0.6) is 5.75 Å². The molecule has 1 heterocycles. The average molecular weight is 190 g/mol. The number of aliphatic hydroxyl groups excluding tert-OH is 1. The first-order valence-corrected chi connectivity index (χ1v) is 4.23. The first kappa shape index (κ1) is 8.62. The van der Waals surface area contributed by atoms with Crippen molar-refractivity contribution in [2.75, 3.05) is 0 Å². The number of benzene rings is 1. The van der Waals surface area contributed by atoms with E-state index in [-0.39, 0.29) is 17.7 Å². The fourth-order valence-corrected chi connectivity index (χ4v) is 1.23. The van der Waals surface area contributed by atoms with Gasteiger partial charge >= 0.3 is 0 Å². The number of allylic oxidation sites excluding steroid dienone is 1. The molecule has 1 aromatic rings. The molecule has 0 saturated carbocycles. The van der Waals surface area contributed by atoms with E-state index in [2.05, 4.69) is 10.3 Å². The van der Waals surface area contributed by atoms with Crippen molar-refractivity contribution in [1.82, 2.24) is 5.32 Å². The highest BCUT2D eigenvalue weighted by Gasteiger charge is 2.10. The number of phenolic OH excluding ortho intramolecular Hbond substituents is 1. The van der Waals surface area contributed by atoms with E-state index in [0.717, 1.165) is 5.56 Å². The second-order valence-electron chi connectivity index (χ2n) is 3.01. The third kappa shape index (κ3) is 1.69. The topological polar surface area (TPSA) is 64.8 Å². The summed E-state index contributed by atoms with van der Waals surface area (Å²) < 4.78 is 0. The maximum atomic E-state index is 9.09. The maximum Gasteiger partial charge on any atom is 0.149 e. The molecule has 4 nitrogen and oxygen atoms in total. The molecular formula is C10H10N2O2. The molecule has 1 aliphatic heterocycles. The number of hydrogen-bond donors (Lipinski definition) is 3. The number of aliphatic imine (C=N–C) groups is 1. The van der Waals surface area contributed by atoms with Gasteiger partial charge in [0.15, 0.2) is 0 Å². The van der Waals surface area contributed by atoms with Crippen LogP contribution in [-0.4, -0.2) is 16.4 Å². The first-order chi connectivity index (χ1) is 6.75.